The zero-order valence-electron chi connectivity index (χ0n) is 16.5. The minimum atomic E-state index is -4.15. The molecular formula is C18H30F3N5S. The van der Waals surface area contributed by atoms with Gasteiger partial charge in [0.05, 0.1) is 17.2 Å². The second kappa shape index (κ2) is 9.23. The van der Waals surface area contributed by atoms with Gasteiger partial charge in [0.15, 0.2) is 5.96 Å². The van der Waals surface area contributed by atoms with E-state index in [9.17, 15) is 13.2 Å². The van der Waals surface area contributed by atoms with E-state index in [-0.39, 0.29) is 11.5 Å². The first-order valence-electron chi connectivity index (χ1n) is 9.35. The molecule has 1 unspecified atom stereocenters. The van der Waals surface area contributed by atoms with E-state index in [1.165, 1.54) is 4.90 Å². The Balaban J connectivity index is 1.85. The van der Waals surface area contributed by atoms with Crippen molar-refractivity contribution in [1.29, 1.82) is 0 Å². The van der Waals surface area contributed by atoms with Crippen molar-refractivity contribution in [3.63, 3.8) is 0 Å². The smallest absolute Gasteiger partial charge is 0.357 e. The zero-order valence-corrected chi connectivity index (χ0v) is 17.3. The van der Waals surface area contributed by atoms with E-state index in [1.807, 2.05) is 6.92 Å². The zero-order chi connectivity index (χ0) is 20.1. The fraction of sp³-hybridized carbons (Fsp3) is 0.778. The van der Waals surface area contributed by atoms with Crippen LogP contribution in [-0.4, -0.2) is 60.8 Å². The molecule has 0 bridgehead atoms. The maximum absolute atomic E-state index is 12.5. The molecule has 0 radical (unpaired) electrons. The van der Waals surface area contributed by atoms with Gasteiger partial charge in [-0.2, -0.15) is 13.2 Å². The van der Waals surface area contributed by atoms with E-state index in [1.54, 1.807) is 11.3 Å². The molecule has 0 amide bonds. The Morgan fingerprint density at radius 2 is 2.11 bits per heavy atom. The predicted molar refractivity (Wildman–Crippen MR) is 105 cm³/mol. The van der Waals surface area contributed by atoms with Gasteiger partial charge >= 0.3 is 6.18 Å². The molecule has 1 saturated heterocycles. The number of thiazole rings is 1. The van der Waals surface area contributed by atoms with Crippen LogP contribution in [0, 0.1) is 0 Å². The normalized spacial score (nSPS) is 19.5. The van der Waals surface area contributed by atoms with Crippen LogP contribution in [0.2, 0.25) is 0 Å². The molecule has 9 heteroatoms. The Hall–Kier alpha value is -1.35. The predicted octanol–water partition coefficient (Wildman–Crippen LogP) is 3.17. The highest BCUT2D eigenvalue weighted by atomic mass is 32.1. The van der Waals surface area contributed by atoms with Gasteiger partial charge in [-0.3, -0.25) is 9.89 Å². The lowest BCUT2D eigenvalue weighted by Gasteiger charge is -2.19. The van der Waals surface area contributed by atoms with Crippen molar-refractivity contribution >= 4 is 17.3 Å². The first-order chi connectivity index (χ1) is 12.6. The fourth-order valence-electron chi connectivity index (χ4n) is 2.89. The minimum absolute atomic E-state index is 0.0162. The summed E-state index contributed by atoms with van der Waals surface area (Å²) < 4.78 is 37.6. The molecular weight excluding hydrogens is 375 g/mol. The van der Waals surface area contributed by atoms with Crippen molar-refractivity contribution in [2.75, 3.05) is 32.7 Å². The molecule has 0 saturated carbocycles. The van der Waals surface area contributed by atoms with Gasteiger partial charge in [-0.05, 0) is 13.3 Å². The fourth-order valence-corrected chi connectivity index (χ4v) is 3.91. The van der Waals surface area contributed by atoms with Crippen LogP contribution in [0.3, 0.4) is 0 Å². The minimum Gasteiger partial charge on any atom is -0.357 e. The lowest BCUT2D eigenvalue weighted by molar-refractivity contribution is -0.143. The second-order valence-corrected chi connectivity index (χ2v) is 8.81. The molecule has 1 aliphatic rings. The summed E-state index contributed by atoms with van der Waals surface area (Å²) in [6.07, 6.45) is -2.71. The standard InChI is InChI=1S/C18H30F3N5S/c1-5-22-16(24-13-7-9-26(10-13)12-18(19,20)21)23-8-6-15-25-14(11-27-15)17(2,3)4/h11,13H,5-10,12H2,1-4H3,(H2,22,23,24). The number of guanidine groups is 1. The number of alkyl halides is 3. The van der Waals surface area contributed by atoms with E-state index in [0.29, 0.717) is 38.6 Å². The Labute approximate surface area is 163 Å². The molecule has 1 aromatic rings. The average molecular weight is 406 g/mol. The quantitative estimate of drug-likeness (QED) is 0.564. The number of rotatable bonds is 6. The van der Waals surface area contributed by atoms with Crippen LogP contribution in [0.4, 0.5) is 13.2 Å². The maximum atomic E-state index is 12.5. The Morgan fingerprint density at radius 1 is 1.37 bits per heavy atom. The molecule has 1 aliphatic heterocycles. The van der Waals surface area contributed by atoms with Crippen LogP contribution in [0.25, 0.3) is 0 Å². The highest BCUT2D eigenvalue weighted by molar-refractivity contribution is 7.09. The van der Waals surface area contributed by atoms with Gasteiger partial charge in [0, 0.05) is 49.4 Å². The topological polar surface area (TPSA) is 52.6 Å². The SMILES string of the molecule is CCNC(=NCCc1nc(C(C)(C)C)cs1)NC1CCN(CC(F)(F)F)C1. The number of hydrogen-bond acceptors (Lipinski definition) is 4. The third-order valence-corrected chi connectivity index (χ3v) is 5.18. The molecule has 0 aromatic carbocycles. The lowest BCUT2D eigenvalue weighted by atomic mass is 9.93. The van der Waals surface area contributed by atoms with E-state index >= 15 is 0 Å². The van der Waals surface area contributed by atoms with Crippen molar-refractivity contribution in [3.05, 3.63) is 16.1 Å². The Kier molecular flexibility index (Phi) is 7.50. The summed E-state index contributed by atoms with van der Waals surface area (Å²) in [6.45, 7) is 9.66. The van der Waals surface area contributed by atoms with Crippen LogP contribution in [-0.2, 0) is 11.8 Å². The molecule has 0 aliphatic carbocycles. The first-order valence-corrected chi connectivity index (χ1v) is 10.2. The Bertz CT molecular complexity index is 621. The van der Waals surface area contributed by atoms with Gasteiger partial charge in [-0.1, -0.05) is 20.8 Å². The molecule has 154 valence electrons. The summed E-state index contributed by atoms with van der Waals surface area (Å²) in [4.78, 5) is 10.7. The summed E-state index contributed by atoms with van der Waals surface area (Å²) >= 11 is 1.65. The molecule has 2 heterocycles. The third kappa shape index (κ3) is 7.65. The highest BCUT2D eigenvalue weighted by Crippen LogP contribution is 2.24. The van der Waals surface area contributed by atoms with Crippen molar-refractivity contribution < 1.29 is 13.2 Å². The van der Waals surface area contributed by atoms with Crippen LogP contribution >= 0.6 is 11.3 Å². The summed E-state index contributed by atoms with van der Waals surface area (Å²) in [5.74, 6) is 0.656. The molecule has 1 fully saturated rings. The van der Waals surface area contributed by atoms with Crippen molar-refractivity contribution in [2.45, 2.75) is 58.2 Å². The molecule has 0 spiro atoms. The number of hydrogen-bond donors (Lipinski definition) is 2. The van der Waals surface area contributed by atoms with E-state index < -0.39 is 12.7 Å². The van der Waals surface area contributed by atoms with Gasteiger partial charge in [-0.15, -0.1) is 11.3 Å². The van der Waals surface area contributed by atoms with Gasteiger partial charge in [-0.25, -0.2) is 4.98 Å². The van der Waals surface area contributed by atoms with E-state index in [0.717, 1.165) is 17.1 Å². The van der Waals surface area contributed by atoms with Crippen molar-refractivity contribution in [2.24, 2.45) is 4.99 Å². The summed E-state index contributed by atoms with van der Waals surface area (Å²) in [5.41, 5.74) is 1.13. The molecule has 5 nitrogen and oxygen atoms in total. The maximum Gasteiger partial charge on any atom is 0.401 e. The van der Waals surface area contributed by atoms with Crippen LogP contribution in [0.15, 0.2) is 10.4 Å². The van der Waals surface area contributed by atoms with E-state index in [2.05, 4.69) is 46.8 Å². The van der Waals surface area contributed by atoms with Crippen LogP contribution in [0.5, 0.6) is 0 Å². The monoisotopic (exact) mass is 405 g/mol. The second-order valence-electron chi connectivity index (χ2n) is 7.87. The van der Waals surface area contributed by atoms with Gasteiger partial charge in [0.25, 0.3) is 0 Å². The third-order valence-electron chi connectivity index (χ3n) is 4.28. The van der Waals surface area contributed by atoms with E-state index in [4.69, 9.17) is 0 Å². The summed E-state index contributed by atoms with van der Waals surface area (Å²) in [7, 11) is 0. The molecule has 2 N–H and O–H groups in total. The number of aliphatic imine (C=N–C) groups is 1. The highest BCUT2D eigenvalue weighted by Gasteiger charge is 2.34. The molecule has 1 aromatic heterocycles. The first kappa shape index (κ1) is 21.9. The number of halogens is 3. The molecule has 27 heavy (non-hydrogen) atoms. The van der Waals surface area contributed by atoms with Crippen molar-refractivity contribution in [1.82, 2.24) is 20.5 Å². The number of aromatic nitrogens is 1. The molecule has 2 rings (SSSR count). The Morgan fingerprint density at radius 3 is 2.70 bits per heavy atom. The van der Waals surface area contributed by atoms with Gasteiger partial charge < -0.3 is 10.6 Å². The number of nitrogens with one attached hydrogen (secondary N) is 2. The van der Waals surface area contributed by atoms with Crippen molar-refractivity contribution in [3.8, 4) is 0 Å². The summed E-state index contributed by atoms with van der Waals surface area (Å²) in [5, 5.41) is 9.58. The largest absolute Gasteiger partial charge is 0.401 e. The number of nitrogens with zero attached hydrogens (tertiary/aromatic N) is 3. The van der Waals surface area contributed by atoms with Gasteiger partial charge in [0.1, 0.15) is 0 Å². The molecule has 1 atom stereocenters. The van der Waals surface area contributed by atoms with Crippen LogP contribution < -0.4 is 10.6 Å². The van der Waals surface area contributed by atoms with Crippen LogP contribution in [0.1, 0.15) is 44.8 Å². The van der Waals surface area contributed by atoms with Gasteiger partial charge in [0.2, 0.25) is 0 Å². The lowest BCUT2D eigenvalue weighted by Crippen LogP contribution is -2.45. The average Bonchev–Trinajstić information content (AvgIpc) is 3.15. The summed E-state index contributed by atoms with van der Waals surface area (Å²) in [6, 6.07) is -0.0162. The number of likely N-dealkylation sites (tertiary alicyclic amines) is 1.